The molecule has 0 saturated heterocycles. The number of amides is 1. The summed E-state index contributed by atoms with van der Waals surface area (Å²) in [7, 11) is 0. The number of aromatic nitrogens is 2. The lowest BCUT2D eigenvalue weighted by atomic mass is 10.1. The van der Waals surface area contributed by atoms with Crippen molar-refractivity contribution < 1.29 is 9.32 Å². The number of rotatable bonds is 4. The molecule has 0 bridgehead atoms. The highest BCUT2D eigenvalue weighted by Crippen LogP contribution is 2.37. The Balaban J connectivity index is 1.64. The van der Waals surface area contributed by atoms with Crippen LogP contribution in [-0.2, 0) is 0 Å². The number of nitrogens with one attached hydrogen (secondary N) is 1. The van der Waals surface area contributed by atoms with E-state index in [1.165, 1.54) is 16.9 Å². The summed E-state index contributed by atoms with van der Waals surface area (Å²) < 4.78 is 5.26. The Morgan fingerprint density at radius 3 is 2.45 bits per heavy atom. The van der Waals surface area contributed by atoms with Gasteiger partial charge in [0.25, 0.3) is 5.91 Å². The van der Waals surface area contributed by atoms with Crippen LogP contribution in [0.25, 0.3) is 22.5 Å². The smallest absolute Gasteiger partial charge is 0.263 e. The topological polar surface area (TPSA) is 68.0 Å². The fourth-order valence-corrected chi connectivity index (χ4v) is 4.17. The number of hydrogen-bond donors (Lipinski definition) is 1. The average Bonchev–Trinajstić information content (AvgIpc) is 3.29. The SMILES string of the molecule is Cc1ccc(-c2csc(NC(=O)c3c(-c4c(Cl)cccc4Cl)noc3C)n2)cc1. The second-order valence-corrected chi connectivity index (χ2v) is 8.09. The third kappa shape index (κ3) is 3.92. The van der Waals surface area contributed by atoms with Gasteiger partial charge >= 0.3 is 0 Å². The van der Waals surface area contributed by atoms with Gasteiger partial charge in [-0.15, -0.1) is 11.3 Å². The molecule has 2 heterocycles. The van der Waals surface area contributed by atoms with E-state index < -0.39 is 0 Å². The number of anilines is 1. The summed E-state index contributed by atoms with van der Waals surface area (Å²) in [6.07, 6.45) is 0. The molecule has 2 aromatic heterocycles. The van der Waals surface area contributed by atoms with Gasteiger partial charge in [-0.2, -0.15) is 0 Å². The Morgan fingerprint density at radius 1 is 1.07 bits per heavy atom. The molecular formula is C21H15Cl2N3O2S. The number of nitrogens with zero attached hydrogens (tertiary/aromatic N) is 2. The van der Waals surface area contributed by atoms with Crippen molar-refractivity contribution in [3.05, 3.63) is 74.8 Å². The summed E-state index contributed by atoms with van der Waals surface area (Å²) in [5.74, 6) is -0.0247. The Kier molecular flexibility index (Phi) is 5.41. The van der Waals surface area contributed by atoms with E-state index in [1.54, 1.807) is 25.1 Å². The van der Waals surface area contributed by atoms with Crippen LogP contribution in [0.15, 0.2) is 52.4 Å². The lowest BCUT2D eigenvalue weighted by Crippen LogP contribution is -2.13. The van der Waals surface area contributed by atoms with E-state index in [4.69, 9.17) is 27.7 Å². The number of hydrogen-bond acceptors (Lipinski definition) is 5. The van der Waals surface area contributed by atoms with Crippen LogP contribution in [0.5, 0.6) is 0 Å². The molecule has 1 N–H and O–H groups in total. The van der Waals surface area contributed by atoms with Gasteiger partial charge in [0.05, 0.1) is 15.7 Å². The standard InChI is InChI=1S/C21H15Cl2N3O2S/c1-11-6-8-13(9-7-11)16-10-29-21(24-16)25-20(27)17-12(2)28-26-19(17)18-14(22)4-3-5-15(18)23/h3-10H,1-2H3,(H,24,25,27). The van der Waals surface area contributed by atoms with Crippen LogP contribution in [-0.4, -0.2) is 16.0 Å². The summed E-state index contributed by atoms with van der Waals surface area (Å²) in [5, 5.41) is 9.97. The molecule has 4 rings (SSSR count). The Labute approximate surface area is 181 Å². The first-order valence-corrected chi connectivity index (χ1v) is 10.3. The van der Waals surface area contributed by atoms with Crippen molar-refractivity contribution in [3.8, 4) is 22.5 Å². The van der Waals surface area contributed by atoms with Gasteiger partial charge in [0.15, 0.2) is 5.13 Å². The summed E-state index contributed by atoms with van der Waals surface area (Å²) >= 11 is 13.9. The molecule has 0 saturated carbocycles. The summed E-state index contributed by atoms with van der Waals surface area (Å²) in [4.78, 5) is 17.5. The predicted molar refractivity (Wildman–Crippen MR) is 117 cm³/mol. The second kappa shape index (κ2) is 7.99. The highest BCUT2D eigenvalue weighted by Gasteiger charge is 2.25. The fourth-order valence-electron chi connectivity index (χ4n) is 2.88. The van der Waals surface area contributed by atoms with E-state index in [2.05, 4.69) is 15.5 Å². The number of carbonyl (C=O) groups is 1. The molecule has 29 heavy (non-hydrogen) atoms. The molecule has 146 valence electrons. The van der Waals surface area contributed by atoms with Crippen molar-refractivity contribution in [3.63, 3.8) is 0 Å². The molecule has 5 nitrogen and oxygen atoms in total. The zero-order chi connectivity index (χ0) is 20.5. The Morgan fingerprint density at radius 2 is 1.76 bits per heavy atom. The molecule has 8 heteroatoms. The van der Waals surface area contributed by atoms with Crippen LogP contribution in [0, 0.1) is 13.8 Å². The van der Waals surface area contributed by atoms with Crippen molar-refractivity contribution in [2.24, 2.45) is 0 Å². The molecule has 2 aromatic carbocycles. The van der Waals surface area contributed by atoms with Crippen molar-refractivity contribution in [1.29, 1.82) is 0 Å². The zero-order valence-electron chi connectivity index (χ0n) is 15.5. The molecule has 0 radical (unpaired) electrons. The molecule has 0 unspecified atom stereocenters. The van der Waals surface area contributed by atoms with Crippen molar-refractivity contribution in [2.45, 2.75) is 13.8 Å². The van der Waals surface area contributed by atoms with E-state index in [1.807, 2.05) is 36.6 Å². The second-order valence-electron chi connectivity index (χ2n) is 6.42. The van der Waals surface area contributed by atoms with Crippen LogP contribution >= 0.6 is 34.5 Å². The highest BCUT2D eigenvalue weighted by atomic mass is 35.5. The lowest BCUT2D eigenvalue weighted by Gasteiger charge is -2.06. The summed E-state index contributed by atoms with van der Waals surface area (Å²) in [5.41, 5.74) is 3.97. The van der Waals surface area contributed by atoms with E-state index in [-0.39, 0.29) is 11.5 Å². The maximum absolute atomic E-state index is 13.0. The van der Waals surface area contributed by atoms with Crippen LogP contribution in [0.3, 0.4) is 0 Å². The van der Waals surface area contributed by atoms with Crippen LogP contribution in [0.4, 0.5) is 5.13 Å². The largest absolute Gasteiger partial charge is 0.360 e. The molecule has 0 aliphatic rings. The molecule has 0 spiro atoms. The van der Waals surface area contributed by atoms with Crippen LogP contribution in [0.1, 0.15) is 21.7 Å². The fraction of sp³-hybridized carbons (Fsp3) is 0.0952. The van der Waals surface area contributed by atoms with Gasteiger partial charge in [0, 0.05) is 16.5 Å². The van der Waals surface area contributed by atoms with E-state index in [0.717, 1.165) is 11.3 Å². The van der Waals surface area contributed by atoms with Crippen molar-refractivity contribution >= 4 is 45.6 Å². The minimum atomic E-state index is -0.389. The first kappa shape index (κ1) is 19.6. The van der Waals surface area contributed by atoms with E-state index >= 15 is 0 Å². The summed E-state index contributed by atoms with van der Waals surface area (Å²) in [6, 6.07) is 13.1. The first-order chi connectivity index (χ1) is 13.9. The molecule has 0 aliphatic heterocycles. The maximum Gasteiger partial charge on any atom is 0.263 e. The number of benzene rings is 2. The Hall–Kier alpha value is -2.67. The third-order valence-electron chi connectivity index (χ3n) is 4.36. The van der Waals surface area contributed by atoms with E-state index in [9.17, 15) is 4.79 Å². The van der Waals surface area contributed by atoms with Gasteiger partial charge in [-0.05, 0) is 26.0 Å². The molecular weight excluding hydrogens is 429 g/mol. The minimum absolute atomic E-state index is 0.270. The number of carbonyl (C=O) groups excluding carboxylic acids is 1. The quantitative estimate of drug-likeness (QED) is 0.383. The summed E-state index contributed by atoms with van der Waals surface area (Å²) in [6.45, 7) is 3.69. The molecule has 0 aliphatic carbocycles. The molecule has 0 fully saturated rings. The van der Waals surface area contributed by atoms with Gasteiger partial charge in [-0.3, -0.25) is 10.1 Å². The monoisotopic (exact) mass is 443 g/mol. The molecule has 1 amide bonds. The Bertz CT molecular complexity index is 1180. The van der Waals surface area contributed by atoms with Crippen molar-refractivity contribution in [1.82, 2.24) is 10.1 Å². The molecule has 0 atom stereocenters. The van der Waals surface area contributed by atoms with Gasteiger partial charge in [-0.1, -0.05) is 64.3 Å². The van der Waals surface area contributed by atoms with Crippen molar-refractivity contribution in [2.75, 3.05) is 5.32 Å². The van der Waals surface area contributed by atoms with Crippen LogP contribution in [0.2, 0.25) is 10.0 Å². The predicted octanol–water partition coefficient (Wildman–Crippen LogP) is 6.64. The number of halogens is 2. The van der Waals surface area contributed by atoms with E-state index in [0.29, 0.717) is 32.2 Å². The normalized spacial score (nSPS) is 10.9. The number of thiazole rings is 1. The average molecular weight is 444 g/mol. The van der Waals surface area contributed by atoms with Gasteiger partial charge in [0.2, 0.25) is 0 Å². The molecule has 4 aromatic rings. The van der Waals surface area contributed by atoms with Gasteiger partial charge < -0.3 is 4.52 Å². The first-order valence-electron chi connectivity index (χ1n) is 8.68. The van der Waals surface area contributed by atoms with Crippen LogP contribution < -0.4 is 5.32 Å². The number of aryl methyl sites for hydroxylation is 2. The highest BCUT2D eigenvalue weighted by molar-refractivity contribution is 7.14. The maximum atomic E-state index is 13.0. The van der Waals surface area contributed by atoms with Gasteiger partial charge in [0.1, 0.15) is 17.0 Å². The lowest BCUT2D eigenvalue weighted by molar-refractivity contribution is 0.102. The zero-order valence-corrected chi connectivity index (χ0v) is 17.8. The third-order valence-corrected chi connectivity index (χ3v) is 5.75. The van der Waals surface area contributed by atoms with Gasteiger partial charge in [-0.25, -0.2) is 4.98 Å². The minimum Gasteiger partial charge on any atom is -0.360 e.